The van der Waals surface area contributed by atoms with Gasteiger partial charge in [0.15, 0.2) is 0 Å². The van der Waals surface area contributed by atoms with Crippen molar-refractivity contribution in [3.05, 3.63) is 0 Å². The number of hydrogen-bond acceptors (Lipinski definition) is 2. The fourth-order valence-corrected chi connectivity index (χ4v) is 1.32. The number of piperidine rings is 1. The van der Waals surface area contributed by atoms with Crippen molar-refractivity contribution in [2.24, 2.45) is 0 Å². The summed E-state index contributed by atoms with van der Waals surface area (Å²) in [6, 6.07) is 0. The number of amides is 1. The lowest BCUT2D eigenvalue weighted by Crippen LogP contribution is -2.43. The number of likely N-dealkylation sites (tertiary alicyclic amines) is 1. The van der Waals surface area contributed by atoms with Crippen LogP contribution in [0, 0.1) is 0 Å². The minimum Gasteiger partial charge on any atom is -0.481 e. The summed E-state index contributed by atoms with van der Waals surface area (Å²) in [6.07, 6.45) is -1.37. The molecule has 0 unspecified atom stereocenters. The zero-order chi connectivity index (χ0) is 10.8. The van der Waals surface area contributed by atoms with Gasteiger partial charge in [-0.25, -0.2) is 8.78 Å². The summed E-state index contributed by atoms with van der Waals surface area (Å²) in [5.41, 5.74) is 0. The average Bonchev–Trinajstić information content (AvgIpc) is 2.02. The van der Waals surface area contributed by atoms with Crippen molar-refractivity contribution in [2.45, 2.75) is 25.2 Å². The van der Waals surface area contributed by atoms with Gasteiger partial charge < -0.3 is 10.0 Å². The number of carbonyl (C=O) groups excluding carboxylic acids is 1. The molecule has 0 saturated carbocycles. The van der Waals surface area contributed by atoms with Gasteiger partial charge in [-0.2, -0.15) is 0 Å². The molecule has 0 spiro atoms. The number of hydrogen-bond donors (Lipinski definition) is 1. The predicted molar refractivity (Wildman–Crippen MR) is 43.0 cm³/mol. The van der Waals surface area contributed by atoms with E-state index < -0.39 is 24.2 Å². The lowest BCUT2D eigenvalue weighted by molar-refractivity contribution is -0.146. The number of carbonyl (C=O) groups is 2. The Kier molecular flexibility index (Phi) is 3.03. The Morgan fingerprint density at radius 3 is 2.21 bits per heavy atom. The molecule has 0 bridgehead atoms. The second-order valence-corrected chi connectivity index (χ2v) is 3.31. The molecule has 1 heterocycles. The maximum atomic E-state index is 12.6. The largest absolute Gasteiger partial charge is 0.481 e. The number of carboxylic acid groups (broad SMARTS) is 1. The molecule has 1 fully saturated rings. The number of rotatable bonds is 2. The van der Waals surface area contributed by atoms with Crippen LogP contribution < -0.4 is 0 Å². The van der Waals surface area contributed by atoms with Crippen LogP contribution in [0.3, 0.4) is 0 Å². The molecule has 0 aromatic carbocycles. The highest BCUT2D eigenvalue weighted by Crippen LogP contribution is 2.27. The minimum absolute atomic E-state index is 0.0564. The number of alkyl halides is 2. The van der Waals surface area contributed by atoms with E-state index in [2.05, 4.69) is 0 Å². The summed E-state index contributed by atoms with van der Waals surface area (Å²) in [6.45, 7) is -0.113. The number of aliphatic carboxylic acids is 1. The quantitative estimate of drug-likeness (QED) is 0.679. The van der Waals surface area contributed by atoms with Crippen molar-refractivity contribution in [3.63, 3.8) is 0 Å². The molecule has 0 atom stereocenters. The molecule has 1 aliphatic heterocycles. The Bertz CT molecular complexity index is 245. The highest BCUT2D eigenvalue weighted by atomic mass is 19.3. The fourth-order valence-electron chi connectivity index (χ4n) is 1.32. The Labute approximate surface area is 79.5 Å². The Morgan fingerprint density at radius 2 is 1.79 bits per heavy atom. The normalized spacial score (nSPS) is 20.6. The fraction of sp³-hybridized carbons (Fsp3) is 0.750. The zero-order valence-electron chi connectivity index (χ0n) is 7.50. The Balaban J connectivity index is 2.42. The van der Waals surface area contributed by atoms with Gasteiger partial charge in [0.25, 0.3) is 5.92 Å². The highest BCUT2D eigenvalue weighted by Gasteiger charge is 2.35. The second-order valence-electron chi connectivity index (χ2n) is 3.31. The van der Waals surface area contributed by atoms with Gasteiger partial charge in [0.2, 0.25) is 5.91 Å². The third-order valence-corrected chi connectivity index (χ3v) is 2.15. The van der Waals surface area contributed by atoms with Crippen LogP contribution in [0.4, 0.5) is 8.78 Å². The first-order valence-corrected chi connectivity index (χ1v) is 4.28. The lowest BCUT2D eigenvalue weighted by atomic mass is 10.1. The molecule has 0 aromatic heterocycles. The van der Waals surface area contributed by atoms with E-state index in [9.17, 15) is 18.4 Å². The molecule has 14 heavy (non-hydrogen) atoms. The van der Waals surface area contributed by atoms with Gasteiger partial charge in [0, 0.05) is 25.9 Å². The van der Waals surface area contributed by atoms with Crippen LogP contribution in [0.25, 0.3) is 0 Å². The molecular weight excluding hydrogens is 196 g/mol. The third-order valence-electron chi connectivity index (χ3n) is 2.15. The van der Waals surface area contributed by atoms with Crippen molar-refractivity contribution in [1.29, 1.82) is 0 Å². The molecule has 6 heteroatoms. The number of halogens is 2. The summed E-state index contributed by atoms with van der Waals surface area (Å²) in [5, 5.41) is 8.32. The third kappa shape index (κ3) is 2.93. The van der Waals surface area contributed by atoms with Crippen LogP contribution in [0.2, 0.25) is 0 Å². The molecule has 1 saturated heterocycles. The van der Waals surface area contributed by atoms with Crippen LogP contribution in [-0.2, 0) is 9.59 Å². The van der Waals surface area contributed by atoms with Gasteiger partial charge in [0.1, 0.15) is 6.42 Å². The Morgan fingerprint density at radius 1 is 1.29 bits per heavy atom. The van der Waals surface area contributed by atoms with Gasteiger partial charge in [-0.3, -0.25) is 9.59 Å². The van der Waals surface area contributed by atoms with E-state index in [1.54, 1.807) is 0 Å². The second kappa shape index (κ2) is 3.89. The maximum Gasteiger partial charge on any atom is 0.312 e. The van der Waals surface area contributed by atoms with Crippen LogP contribution in [-0.4, -0.2) is 40.9 Å². The maximum absolute atomic E-state index is 12.6. The van der Waals surface area contributed by atoms with E-state index in [0.717, 1.165) is 0 Å². The van der Waals surface area contributed by atoms with E-state index in [1.165, 1.54) is 4.90 Å². The molecule has 80 valence electrons. The molecule has 0 aliphatic carbocycles. The summed E-state index contributed by atoms with van der Waals surface area (Å²) in [5.74, 6) is -4.53. The number of carboxylic acids is 1. The molecule has 4 nitrogen and oxygen atoms in total. The van der Waals surface area contributed by atoms with Crippen molar-refractivity contribution < 1.29 is 23.5 Å². The summed E-state index contributed by atoms with van der Waals surface area (Å²) in [4.78, 5) is 22.5. The SMILES string of the molecule is O=C(O)CC(=O)N1CCC(F)(F)CC1. The van der Waals surface area contributed by atoms with Gasteiger partial charge in [-0.15, -0.1) is 0 Å². The molecule has 0 radical (unpaired) electrons. The molecule has 1 aliphatic rings. The van der Waals surface area contributed by atoms with Crippen LogP contribution in [0.15, 0.2) is 0 Å². The van der Waals surface area contributed by atoms with Gasteiger partial charge in [-0.05, 0) is 0 Å². The van der Waals surface area contributed by atoms with E-state index in [4.69, 9.17) is 5.11 Å². The van der Waals surface area contributed by atoms with Crippen LogP contribution in [0.1, 0.15) is 19.3 Å². The Hall–Kier alpha value is -1.20. The first-order valence-electron chi connectivity index (χ1n) is 4.28. The van der Waals surface area contributed by atoms with E-state index in [0.29, 0.717) is 0 Å². The minimum atomic E-state index is -2.71. The lowest BCUT2D eigenvalue weighted by Gasteiger charge is -2.31. The first-order chi connectivity index (χ1) is 6.41. The molecule has 1 rings (SSSR count). The molecule has 0 aromatic rings. The smallest absolute Gasteiger partial charge is 0.312 e. The first kappa shape index (κ1) is 10.9. The summed E-state index contributed by atoms with van der Waals surface area (Å²) in [7, 11) is 0. The molecule has 1 N–H and O–H groups in total. The predicted octanol–water partition coefficient (Wildman–Crippen LogP) is 0.719. The van der Waals surface area contributed by atoms with Crippen LogP contribution >= 0.6 is 0 Å². The van der Waals surface area contributed by atoms with E-state index in [1.807, 2.05) is 0 Å². The topological polar surface area (TPSA) is 57.6 Å². The molecule has 1 amide bonds. The highest BCUT2D eigenvalue weighted by molar-refractivity contribution is 5.93. The van der Waals surface area contributed by atoms with Crippen molar-refractivity contribution in [2.75, 3.05) is 13.1 Å². The summed E-state index contributed by atoms with van der Waals surface area (Å²) < 4.78 is 25.3. The van der Waals surface area contributed by atoms with E-state index >= 15 is 0 Å². The van der Waals surface area contributed by atoms with Crippen molar-refractivity contribution in [3.8, 4) is 0 Å². The van der Waals surface area contributed by atoms with Crippen molar-refractivity contribution >= 4 is 11.9 Å². The zero-order valence-corrected chi connectivity index (χ0v) is 7.50. The summed E-state index contributed by atoms with van der Waals surface area (Å²) >= 11 is 0. The monoisotopic (exact) mass is 207 g/mol. The van der Waals surface area contributed by atoms with Crippen molar-refractivity contribution in [1.82, 2.24) is 4.90 Å². The average molecular weight is 207 g/mol. The van der Waals surface area contributed by atoms with Gasteiger partial charge >= 0.3 is 5.97 Å². The number of nitrogens with zero attached hydrogens (tertiary/aromatic N) is 1. The standard InChI is InChI=1S/C8H11F2NO3/c9-8(10)1-3-11(4-2-8)6(12)5-7(13)14/h1-5H2,(H,13,14). The van der Waals surface area contributed by atoms with E-state index in [-0.39, 0.29) is 25.9 Å². The van der Waals surface area contributed by atoms with Gasteiger partial charge in [0.05, 0.1) is 0 Å². The molecular formula is C8H11F2NO3. The van der Waals surface area contributed by atoms with Crippen LogP contribution in [0.5, 0.6) is 0 Å². The van der Waals surface area contributed by atoms with Gasteiger partial charge in [-0.1, -0.05) is 0 Å².